The molecule has 5 rings (SSSR count). The van der Waals surface area contributed by atoms with Crippen LogP contribution in [0.2, 0.25) is 0 Å². The number of halogens is 1. The topological polar surface area (TPSA) is 68.1 Å². The maximum Gasteiger partial charge on any atom is 0.225 e. The minimum Gasteiger partial charge on any atom is -0.341 e. The minimum absolute atomic E-state index is 0. The lowest BCUT2D eigenvalue weighted by molar-refractivity contribution is -0.133. The number of hydrogen-bond donors (Lipinski definition) is 0. The van der Waals surface area contributed by atoms with Crippen LogP contribution in [0.4, 0.5) is 0 Å². The van der Waals surface area contributed by atoms with E-state index in [1.165, 1.54) is 24.8 Å². The van der Waals surface area contributed by atoms with Crippen molar-refractivity contribution in [3.63, 3.8) is 0 Å². The van der Waals surface area contributed by atoms with Crippen LogP contribution in [0.25, 0.3) is 0 Å². The van der Waals surface area contributed by atoms with Crippen LogP contribution in [0, 0.1) is 37.0 Å². The van der Waals surface area contributed by atoms with Gasteiger partial charge < -0.3 is 9.47 Å². The highest BCUT2D eigenvalue weighted by atomic mass is 35.5. The second kappa shape index (κ2) is 11.3. The molecule has 1 aromatic heterocycles. The molecule has 1 aliphatic heterocycles. The third-order valence-electron chi connectivity index (χ3n) is 8.90. The summed E-state index contributed by atoms with van der Waals surface area (Å²) in [6, 6.07) is 6.75. The second-order valence-electron chi connectivity index (χ2n) is 14.0. The molecular weight excluding hydrogens is 508 g/mol. The molecule has 0 N–H and O–H groups in total. The van der Waals surface area contributed by atoms with E-state index < -0.39 is 0 Å². The molecule has 214 valence electrons. The Balaban J connectivity index is 0.00000353. The van der Waals surface area contributed by atoms with E-state index in [9.17, 15) is 9.59 Å². The summed E-state index contributed by atoms with van der Waals surface area (Å²) in [5.41, 5.74) is 3.79. The number of carbonyl (C=O) groups is 2. The van der Waals surface area contributed by atoms with E-state index in [0.29, 0.717) is 36.9 Å². The van der Waals surface area contributed by atoms with Gasteiger partial charge in [-0.05, 0) is 68.4 Å². The van der Waals surface area contributed by atoms with Gasteiger partial charge in [0.25, 0.3) is 0 Å². The summed E-state index contributed by atoms with van der Waals surface area (Å²) in [6.45, 7) is 16.1. The predicted molar refractivity (Wildman–Crippen MR) is 157 cm³/mol. The van der Waals surface area contributed by atoms with Crippen molar-refractivity contribution in [3.8, 4) is 0 Å². The molecule has 1 saturated heterocycles. The fraction of sp³-hybridized carbons (Fsp3) is 0.688. The number of Topliss-reactive ketones (excluding diaryl/α,β-unsaturated/α-hetero) is 1. The van der Waals surface area contributed by atoms with Crippen molar-refractivity contribution in [3.05, 3.63) is 46.5 Å². The van der Waals surface area contributed by atoms with E-state index in [0.717, 1.165) is 41.5 Å². The van der Waals surface area contributed by atoms with E-state index in [-0.39, 0.29) is 41.9 Å². The molecule has 0 spiro atoms. The van der Waals surface area contributed by atoms with Gasteiger partial charge in [0.2, 0.25) is 5.91 Å². The van der Waals surface area contributed by atoms with Crippen LogP contribution < -0.4 is 0 Å². The van der Waals surface area contributed by atoms with Crippen LogP contribution in [0.15, 0.2) is 18.2 Å². The van der Waals surface area contributed by atoms with E-state index in [1.54, 1.807) is 0 Å². The van der Waals surface area contributed by atoms with Gasteiger partial charge in [0, 0.05) is 49.2 Å². The summed E-state index contributed by atoms with van der Waals surface area (Å²) in [7, 11) is 0. The smallest absolute Gasteiger partial charge is 0.225 e. The highest BCUT2D eigenvalue weighted by Gasteiger charge is 2.46. The van der Waals surface area contributed by atoms with E-state index >= 15 is 0 Å². The lowest BCUT2D eigenvalue weighted by Crippen LogP contribution is -2.33. The van der Waals surface area contributed by atoms with Crippen molar-refractivity contribution in [2.75, 3.05) is 13.1 Å². The summed E-state index contributed by atoms with van der Waals surface area (Å²) in [4.78, 5) is 28.8. The molecule has 39 heavy (non-hydrogen) atoms. The van der Waals surface area contributed by atoms with Crippen LogP contribution in [0.3, 0.4) is 0 Å². The van der Waals surface area contributed by atoms with Crippen molar-refractivity contribution >= 4 is 24.1 Å². The Morgan fingerprint density at radius 1 is 1.03 bits per heavy atom. The van der Waals surface area contributed by atoms with Crippen molar-refractivity contribution in [1.82, 2.24) is 19.7 Å². The molecule has 3 fully saturated rings. The van der Waals surface area contributed by atoms with Crippen LogP contribution in [0.1, 0.15) is 113 Å². The van der Waals surface area contributed by atoms with Crippen LogP contribution >= 0.6 is 12.4 Å². The molecule has 7 heteroatoms. The molecule has 2 heterocycles. The van der Waals surface area contributed by atoms with E-state index in [2.05, 4.69) is 57.4 Å². The van der Waals surface area contributed by atoms with Crippen LogP contribution in [0.5, 0.6) is 0 Å². The zero-order valence-corrected chi connectivity index (χ0v) is 25.7. The van der Waals surface area contributed by atoms with Gasteiger partial charge in [-0.3, -0.25) is 9.59 Å². The number of aromatic nitrogens is 3. The summed E-state index contributed by atoms with van der Waals surface area (Å²) in [5, 5.41) is 9.57. The molecule has 3 aliphatic rings. The number of hydrogen-bond acceptors (Lipinski definition) is 4. The number of nitrogens with zero attached hydrogens (tertiary/aromatic N) is 4. The van der Waals surface area contributed by atoms with E-state index in [1.807, 2.05) is 18.7 Å². The number of likely N-dealkylation sites (tertiary alicyclic amines) is 1. The van der Waals surface area contributed by atoms with Crippen LogP contribution in [-0.4, -0.2) is 44.4 Å². The van der Waals surface area contributed by atoms with Crippen LogP contribution in [-0.2, 0) is 16.0 Å². The van der Waals surface area contributed by atoms with Gasteiger partial charge in [-0.15, -0.1) is 22.6 Å². The van der Waals surface area contributed by atoms with Gasteiger partial charge in [0.05, 0.1) is 0 Å². The van der Waals surface area contributed by atoms with Crippen molar-refractivity contribution < 1.29 is 9.59 Å². The molecule has 6 nitrogen and oxygen atoms in total. The molecule has 0 unspecified atom stereocenters. The maximum absolute atomic E-state index is 13.9. The Labute approximate surface area is 240 Å². The summed E-state index contributed by atoms with van der Waals surface area (Å²) >= 11 is 0. The largest absolute Gasteiger partial charge is 0.341 e. The Kier molecular flexibility index (Phi) is 8.66. The molecule has 2 aromatic rings. The lowest BCUT2D eigenvalue weighted by atomic mass is 9.68. The molecule has 0 bridgehead atoms. The lowest BCUT2D eigenvalue weighted by Gasteiger charge is -2.38. The molecule has 2 aliphatic carbocycles. The number of carbonyl (C=O) groups excluding carboxylic acids is 2. The zero-order chi connectivity index (χ0) is 27.4. The van der Waals surface area contributed by atoms with Crippen molar-refractivity contribution in [2.45, 2.75) is 105 Å². The zero-order valence-electron chi connectivity index (χ0n) is 24.9. The Bertz CT molecular complexity index is 1200. The average molecular weight is 555 g/mol. The molecule has 1 amide bonds. The molecule has 2 atom stereocenters. The summed E-state index contributed by atoms with van der Waals surface area (Å²) < 4.78 is 2.41. The van der Waals surface area contributed by atoms with E-state index in [4.69, 9.17) is 10.2 Å². The predicted octanol–water partition coefficient (Wildman–Crippen LogP) is 6.59. The number of rotatable bonds is 8. The van der Waals surface area contributed by atoms with Gasteiger partial charge >= 0.3 is 0 Å². The number of amides is 1. The summed E-state index contributed by atoms with van der Waals surface area (Å²) in [5.74, 6) is 3.19. The number of aryl methyl sites for hydroxylation is 2. The van der Waals surface area contributed by atoms with Gasteiger partial charge in [-0.1, -0.05) is 58.4 Å². The van der Waals surface area contributed by atoms with Crippen molar-refractivity contribution in [2.24, 2.45) is 23.2 Å². The number of ketones is 1. The Morgan fingerprint density at radius 3 is 2.28 bits per heavy atom. The normalized spacial score (nSPS) is 25.0. The summed E-state index contributed by atoms with van der Waals surface area (Å²) in [6.07, 6.45) is 6.31. The fourth-order valence-electron chi connectivity index (χ4n) is 6.83. The van der Waals surface area contributed by atoms with Gasteiger partial charge in [0.1, 0.15) is 17.4 Å². The number of benzene rings is 1. The monoisotopic (exact) mass is 554 g/mol. The average Bonchev–Trinajstić information content (AvgIpc) is 3.40. The third kappa shape index (κ3) is 6.42. The third-order valence-corrected chi connectivity index (χ3v) is 8.90. The first-order chi connectivity index (χ1) is 17.9. The van der Waals surface area contributed by atoms with Gasteiger partial charge in [-0.25, -0.2) is 0 Å². The molecule has 2 saturated carbocycles. The first kappa shape index (κ1) is 29.8. The second-order valence-corrected chi connectivity index (χ2v) is 14.0. The standard InChI is InChI=1S/C32H46N4O2.ClH/c1-19(2)31(38)35-17-26(28(37)15-23-9-8-20(3)12-21(23)4)27(18-35)30-34-33-29(36(30)25-10-11-25)24-13-22(14-24)16-32(5,6)7;/h8-9,12,19,22,24-27H,10-11,13-18H2,1-7H3;1H/t22?,24?,26-,27-;/m0./s1. The minimum atomic E-state index is -0.247. The SMILES string of the molecule is Cc1ccc(CC(=O)[C@H]2CN(C(=O)C(C)C)C[C@@H]2c2nnc(C3CC(CC(C)(C)C)C3)n2C2CC2)c(C)c1.Cl. The highest BCUT2D eigenvalue weighted by Crippen LogP contribution is 2.49. The Hall–Kier alpha value is -2.21. The Morgan fingerprint density at radius 2 is 1.69 bits per heavy atom. The quantitative estimate of drug-likeness (QED) is 0.369. The molecular formula is C32H47ClN4O2. The van der Waals surface area contributed by atoms with Gasteiger partial charge in [-0.2, -0.15) is 0 Å². The highest BCUT2D eigenvalue weighted by molar-refractivity contribution is 5.87. The van der Waals surface area contributed by atoms with Crippen molar-refractivity contribution in [1.29, 1.82) is 0 Å². The fourth-order valence-corrected chi connectivity index (χ4v) is 6.83. The first-order valence-corrected chi connectivity index (χ1v) is 14.7. The maximum atomic E-state index is 13.9. The molecule has 0 radical (unpaired) electrons. The first-order valence-electron chi connectivity index (χ1n) is 14.7. The molecule has 1 aromatic carbocycles. The van der Waals surface area contributed by atoms with Gasteiger partial charge in [0.15, 0.2) is 0 Å².